The van der Waals surface area contributed by atoms with Gasteiger partial charge < -0.3 is 15.4 Å². The third kappa shape index (κ3) is 5.14. The SMILES string of the molecule is CC(C)(C)CNC(=O)c1cccc(-c2ccc3[nH]c(CN4CCC[C@@H]4CO)cc3c2)n1. The zero-order valence-corrected chi connectivity index (χ0v) is 18.6. The van der Waals surface area contributed by atoms with E-state index in [9.17, 15) is 9.90 Å². The van der Waals surface area contributed by atoms with Gasteiger partial charge in [-0.15, -0.1) is 0 Å². The molecule has 0 saturated carbocycles. The van der Waals surface area contributed by atoms with Gasteiger partial charge in [-0.1, -0.05) is 32.9 Å². The summed E-state index contributed by atoms with van der Waals surface area (Å²) in [6.45, 7) is 8.93. The molecule has 3 aromatic rings. The van der Waals surface area contributed by atoms with Crippen molar-refractivity contribution in [2.45, 2.75) is 46.2 Å². The molecule has 0 bridgehead atoms. The van der Waals surface area contributed by atoms with Crippen molar-refractivity contribution in [2.24, 2.45) is 5.41 Å². The Balaban J connectivity index is 1.52. The van der Waals surface area contributed by atoms with E-state index in [2.05, 4.69) is 59.2 Å². The van der Waals surface area contributed by atoms with E-state index in [1.54, 1.807) is 6.07 Å². The van der Waals surface area contributed by atoms with Gasteiger partial charge in [0, 0.05) is 41.3 Å². The Kier molecular flexibility index (Phi) is 6.12. The van der Waals surface area contributed by atoms with Gasteiger partial charge in [0.25, 0.3) is 5.91 Å². The molecule has 1 atom stereocenters. The van der Waals surface area contributed by atoms with Crippen molar-refractivity contribution in [2.75, 3.05) is 19.7 Å². The second kappa shape index (κ2) is 8.81. The van der Waals surface area contributed by atoms with Crippen LogP contribution in [0.1, 0.15) is 49.8 Å². The van der Waals surface area contributed by atoms with Crippen LogP contribution in [0.25, 0.3) is 22.2 Å². The molecule has 1 saturated heterocycles. The van der Waals surface area contributed by atoms with Crippen LogP contribution in [0.2, 0.25) is 0 Å². The summed E-state index contributed by atoms with van der Waals surface area (Å²) >= 11 is 0. The lowest BCUT2D eigenvalue weighted by atomic mass is 9.97. The number of rotatable bonds is 6. The number of hydrogen-bond acceptors (Lipinski definition) is 4. The van der Waals surface area contributed by atoms with Crippen LogP contribution in [-0.2, 0) is 6.54 Å². The van der Waals surface area contributed by atoms with E-state index >= 15 is 0 Å². The molecule has 1 amide bonds. The summed E-state index contributed by atoms with van der Waals surface area (Å²) in [5, 5.41) is 13.7. The van der Waals surface area contributed by atoms with Crippen LogP contribution in [0.5, 0.6) is 0 Å². The number of aliphatic hydroxyl groups excluding tert-OH is 1. The summed E-state index contributed by atoms with van der Waals surface area (Å²) in [6.07, 6.45) is 2.20. The Hall–Kier alpha value is -2.70. The Morgan fingerprint density at radius 3 is 2.87 bits per heavy atom. The van der Waals surface area contributed by atoms with E-state index in [1.165, 1.54) is 0 Å². The number of benzene rings is 1. The number of aromatic nitrogens is 2. The van der Waals surface area contributed by atoms with Crippen molar-refractivity contribution in [3.05, 3.63) is 53.9 Å². The number of likely N-dealkylation sites (tertiary alicyclic amines) is 1. The summed E-state index contributed by atoms with van der Waals surface area (Å²) < 4.78 is 0. The van der Waals surface area contributed by atoms with E-state index in [0.29, 0.717) is 12.2 Å². The molecule has 2 aromatic heterocycles. The first kappa shape index (κ1) is 21.5. The molecule has 0 aliphatic carbocycles. The summed E-state index contributed by atoms with van der Waals surface area (Å²) in [5.41, 5.74) is 4.45. The number of amides is 1. The minimum absolute atomic E-state index is 0.0244. The first-order valence-corrected chi connectivity index (χ1v) is 11.0. The molecule has 4 rings (SSSR count). The smallest absolute Gasteiger partial charge is 0.269 e. The minimum Gasteiger partial charge on any atom is -0.395 e. The first-order valence-electron chi connectivity index (χ1n) is 11.0. The molecular weight excluding hydrogens is 388 g/mol. The summed E-state index contributed by atoms with van der Waals surface area (Å²) in [7, 11) is 0. The number of nitrogens with zero attached hydrogens (tertiary/aromatic N) is 2. The maximum absolute atomic E-state index is 12.5. The highest BCUT2D eigenvalue weighted by molar-refractivity contribution is 5.93. The number of carbonyl (C=O) groups is 1. The van der Waals surface area contributed by atoms with Gasteiger partial charge in [0.15, 0.2) is 0 Å². The largest absolute Gasteiger partial charge is 0.395 e. The van der Waals surface area contributed by atoms with Crippen molar-refractivity contribution in [1.82, 2.24) is 20.2 Å². The summed E-state index contributed by atoms with van der Waals surface area (Å²) in [6, 6.07) is 14.2. The van der Waals surface area contributed by atoms with Crippen LogP contribution in [0.3, 0.4) is 0 Å². The molecule has 0 unspecified atom stereocenters. The van der Waals surface area contributed by atoms with Crippen molar-refractivity contribution in [3.63, 3.8) is 0 Å². The number of carbonyl (C=O) groups excluding carboxylic acids is 1. The molecule has 31 heavy (non-hydrogen) atoms. The van der Waals surface area contributed by atoms with Crippen LogP contribution in [0, 0.1) is 5.41 Å². The van der Waals surface area contributed by atoms with Gasteiger partial charge in [0.1, 0.15) is 5.69 Å². The Labute approximate surface area is 183 Å². The van der Waals surface area contributed by atoms with Crippen molar-refractivity contribution in [1.29, 1.82) is 0 Å². The predicted octanol–water partition coefficient (Wildman–Crippen LogP) is 3.96. The number of pyridine rings is 1. The summed E-state index contributed by atoms with van der Waals surface area (Å²) in [5.74, 6) is -0.147. The average Bonchev–Trinajstić information content (AvgIpc) is 3.37. The average molecular weight is 421 g/mol. The highest BCUT2D eigenvalue weighted by atomic mass is 16.3. The monoisotopic (exact) mass is 420 g/mol. The lowest BCUT2D eigenvalue weighted by Crippen LogP contribution is -2.32. The number of fused-ring (bicyclic) bond motifs is 1. The van der Waals surface area contributed by atoms with Crippen molar-refractivity contribution >= 4 is 16.8 Å². The van der Waals surface area contributed by atoms with Gasteiger partial charge in [-0.3, -0.25) is 9.69 Å². The molecule has 0 spiro atoms. The molecule has 3 N–H and O–H groups in total. The van der Waals surface area contributed by atoms with E-state index < -0.39 is 0 Å². The molecule has 1 fully saturated rings. The quantitative estimate of drug-likeness (QED) is 0.564. The molecule has 1 aliphatic heterocycles. The second-order valence-electron chi connectivity index (χ2n) is 9.70. The van der Waals surface area contributed by atoms with Gasteiger partial charge in [0.2, 0.25) is 0 Å². The lowest BCUT2D eigenvalue weighted by molar-refractivity contribution is 0.0934. The van der Waals surface area contributed by atoms with Gasteiger partial charge >= 0.3 is 0 Å². The maximum Gasteiger partial charge on any atom is 0.269 e. The number of H-pyrrole nitrogens is 1. The standard InChI is InChI=1S/C25H32N4O2/c1-25(2,3)16-26-24(31)23-8-4-7-21(28-23)17-9-10-22-18(12-17)13-19(27-22)14-29-11-5-6-20(29)15-30/h4,7-10,12-13,20,27,30H,5-6,11,14-16H2,1-3H3,(H,26,31)/t20-/m1/s1. The van der Waals surface area contributed by atoms with Crippen LogP contribution in [0.15, 0.2) is 42.5 Å². The third-order valence-corrected chi connectivity index (χ3v) is 5.82. The second-order valence-corrected chi connectivity index (χ2v) is 9.70. The Morgan fingerprint density at radius 1 is 1.26 bits per heavy atom. The zero-order valence-electron chi connectivity index (χ0n) is 18.6. The van der Waals surface area contributed by atoms with Crippen LogP contribution >= 0.6 is 0 Å². The zero-order chi connectivity index (χ0) is 22.0. The van der Waals surface area contributed by atoms with Gasteiger partial charge in [-0.25, -0.2) is 4.98 Å². The predicted molar refractivity (Wildman–Crippen MR) is 124 cm³/mol. The van der Waals surface area contributed by atoms with Crippen molar-refractivity contribution in [3.8, 4) is 11.3 Å². The molecular formula is C25H32N4O2. The Morgan fingerprint density at radius 2 is 2.10 bits per heavy atom. The maximum atomic E-state index is 12.5. The number of hydrogen-bond donors (Lipinski definition) is 3. The minimum atomic E-state index is -0.147. The van der Waals surface area contributed by atoms with Gasteiger partial charge in [0.05, 0.1) is 12.3 Å². The number of aliphatic hydroxyl groups is 1. The van der Waals surface area contributed by atoms with Gasteiger partial charge in [-0.2, -0.15) is 0 Å². The molecule has 1 aliphatic rings. The molecule has 1 aromatic carbocycles. The highest BCUT2D eigenvalue weighted by Crippen LogP contribution is 2.26. The fraction of sp³-hybridized carbons (Fsp3) is 0.440. The van der Waals surface area contributed by atoms with Crippen LogP contribution in [0.4, 0.5) is 0 Å². The van der Waals surface area contributed by atoms with E-state index in [-0.39, 0.29) is 24.0 Å². The third-order valence-electron chi connectivity index (χ3n) is 5.82. The highest BCUT2D eigenvalue weighted by Gasteiger charge is 2.24. The van der Waals surface area contributed by atoms with E-state index in [0.717, 1.165) is 53.8 Å². The topological polar surface area (TPSA) is 81.2 Å². The lowest BCUT2D eigenvalue weighted by Gasteiger charge is -2.21. The van der Waals surface area contributed by atoms with E-state index in [4.69, 9.17) is 0 Å². The molecule has 6 nitrogen and oxygen atoms in total. The Bertz CT molecular complexity index is 1070. The van der Waals surface area contributed by atoms with E-state index in [1.807, 2.05) is 18.2 Å². The molecule has 164 valence electrons. The van der Waals surface area contributed by atoms with Crippen LogP contribution in [-0.4, -0.2) is 51.6 Å². The summed E-state index contributed by atoms with van der Waals surface area (Å²) in [4.78, 5) is 22.9. The molecule has 0 radical (unpaired) electrons. The van der Waals surface area contributed by atoms with Crippen molar-refractivity contribution < 1.29 is 9.90 Å². The number of nitrogens with one attached hydrogen (secondary N) is 2. The van der Waals surface area contributed by atoms with Crippen LogP contribution < -0.4 is 5.32 Å². The molecule has 6 heteroatoms. The fourth-order valence-electron chi connectivity index (χ4n) is 4.12. The fourth-order valence-corrected chi connectivity index (χ4v) is 4.12. The van der Waals surface area contributed by atoms with Gasteiger partial charge in [-0.05, 0) is 55.1 Å². The first-order chi connectivity index (χ1) is 14.8. The normalized spacial score (nSPS) is 17.4. The number of aromatic amines is 1. The molecule has 3 heterocycles.